The van der Waals surface area contributed by atoms with Gasteiger partial charge in [0.1, 0.15) is 17.5 Å². The summed E-state index contributed by atoms with van der Waals surface area (Å²) in [6.45, 7) is 3.43. The molecule has 146 valence electrons. The van der Waals surface area contributed by atoms with Crippen molar-refractivity contribution in [3.8, 4) is 0 Å². The fourth-order valence-electron chi connectivity index (χ4n) is 4.07. The van der Waals surface area contributed by atoms with E-state index in [0.717, 1.165) is 44.2 Å². The number of hydrogen-bond donors (Lipinski definition) is 3. The lowest BCUT2D eigenvalue weighted by Gasteiger charge is -2.34. The Kier molecular flexibility index (Phi) is 5.42. The average molecular weight is 371 g/mol. The monoisotopic (exact) mass is 371 g/mol. The lowest BCUT2D eigenvalue weighted by molar-refractivity contribution is 0.270. The summed E-state index contributed by atoms with van der Waals surface area (Å²) in [7, 11) is 0. The fraction of sp³-hybridized carbons (Fsp3) is 0.632. The van der Waals surface area contributed by atoms with Crippen molar-refractivity contribution >= 4 is 17.6 Å². The number of anilines is 3. The van der Waals surface area contributed by atoms with Crippen molar-refractivity contribution in [3.05, 3.63) is 24.3 Å². The Labute approximate surface area is 159 Å². The molecule has 4 rings (SSSR count). The van der Waals surface area contributed by atoms with E-state index in [4.69, 9.17) is 15.8 Å². The summed E-state index contributed by atoms with van der Waals surface area (Å²) in [5.74, 6) is 4.16. The fourth-order valence-corrected chi connectivity index (χ4v) is 4.07. The van der Waals surface area contributed by atoms with E-state index >= 15 is 0 Å². The molecule has 2 aromatic heterocycles. The molecule has 1 saturated carbocycles. The topological polar surface area (TPSA) is 105 Å². The predicted molar refractivity (Wildman–Crippen MR) is 106 cm³/mol. The lowest BCUT2D eigenvalue weighted by atomic mass is 9.85. The molecular formula is C19H29N7O. The van der Waals surface area contributed by atoms with E-state index in [1.165, 1.54) is 25.1 Å². The van der Waals surface area contributed by atoms with Crippen LogP contribution in [0.2, 0.25) is 0 Å². The van der Waals surface area contributed by atoms with Gasteiger partial charge < -0.3 is 25.6 Å². The second kappa shape index (κ2) is 8.12. The van der Waals surface area contributed by atoms with Crippen molar-refractivity contribution in [1.82, 2.24) is 19.5 Å². The van der Waals surface area contributed by atoms with Gasteiger partial charge in [-0.1, -0.05) is 6.42 Å². The van der Waals surface area contributed by atoms with E-state index in [0.29, 0.717) is 18.3 Å². The molecule has 8 heteroatoms. The van der Waals surface area contributed by atoms with Gasteiger partial charge in [0.05, 0.1) is 6.61 Å². The van der Waals surface area contributed by atoms with E-state index in [-0.39, 0.29) is 12.6 Å². The molecule has 1 atom stereocenters. The highest BCUT2D eigenvalue weighted by molar-refractivity contribution is 5.53. The van der Waals surface area contributed by atoms with Gasteiger partial charge in [0.25, 0.3) is 0 Å². The first-order valence-corrected chi connectivity index (χ1v) is 9.98. The Bertz CT molecular complexity index is 758. The number of rotatable bonds is 7. The van der Waals surface area contributed by atoms with Gasteiger partial charge >= 0.3 is 0 Å². The molecule has 0 spiro atoms. The summed E-state index contributed by atoms with van der Waals surface area (Å²) in [6, 6.07) is 1.91. The maximum atomic E-state index is 9.01. The van der Waals surface area contributed by atoms with Gasteiger partial charge in [-0.25, -0.2) is 4.98 Å². The molecular weight excluding hydrogens is 342 g/mol. The molecule has 0 amide bonds. The van der Waals surface area contributed by atoms with E-state index in [9.17, 15) is 0 Å². The van der Waals surface area contributed by atoms with Gasteiger partial charge in [0.15, 0.2) is 0 Å². The van der Waals surface area contributed by atoms with Gasteiger partial charge in [0.2, 0.25) is 5.95 Å². The van der Waals surface area contributed by atoms with Crippen LogP contribution < -0.4 is 16.0 Å². The molecule has 4 N–H and O–H groups in total. The van der Waals surface area contributed by atoms with E-state index in [2.05, 4.69) is 30.9 Å². The molecule has 2 aliphatic rings. The van der Waals surface area contributed by atoms with Crippen LogP contribution >= 0.6 is 0 Å². The molecule has 1 saturated heterocycles. The maximum absolute atomic E-state index is 9.01. The quantitative estimate of drug-likeness (QED) is 0.682. The van der Waals surface area contributed by atoms with Crippen LogP contribution in [0.15, 0.2) is 18.5 Å². The summed E-state index contributed by atoms with van der Waals surface area (Å²) in [5, 5.41) is 12.1. The number of hydrogen-bond acceptors (Lipinski definition) is 7. The van der Waals surface area contributed by atoms with Crippen LogP contribution in [0, 0.1) is 5.92 Å². The Hall–Kier alpha value is -2.35. The van der Waals surface area contributed by atoms with Crippen LogP contribution in [0.3, 0.4) is 0 Å². The number of aliphatic hydroxyl groups is 1. The Morgan fingerprint density at radius 1 is 1.22 bits per heavy atom. The van der Waals surface area contributed by atoms with Crippen LogP contribution in [-0.4, -0.2) is 50.9 Å². The Balaban J connectivity index is 1.48. The summed E-state index contributed by atoms with van der Waals surface area (Å²) in [6.07, 6.45) is 10.4. The predicted octanol–water partition coefficient (Wildman–Crippen LogP) is 1.84. The van der Waals surface area contributed by atoms with Gasteiger partial charge in [0, 0.05) is 50.6 Å². The van der Waals surface area contributed by atoms with Crippen LogP contribution in [0.25, 0.3) is 0 Å². The van der Waals surface area contributed by atoms with Gasteiger partial charge in [-0.2, -0.15) is 9.97 Å². The third-order valence-corrected chi connectivity index (χ3v) is 5.69. The summed E-state index contributed by atoms with van der Waals surface area (Å²) >= 11 is 0. The molecule has 0 radical (unpaired) electrons. The number of nitrogens with one attached hydrogen (secondary N) is 1. The Morgan fingerprint density at radius 3 is 2.89 bits per heavy atom. The second-order valence-corrected chi connectivity index (χ2v) is 7.64. The number of imidazole rings is 1. The third-order valence-electron chi connectivity index (χ3n) is 5.69. The summed E-state index contributed by atoms with van der Waals surface area (Å²) in [5.41, 5.74) is 5.90. The van der Waals surface area contributed by atoms with Crippen molar-refractivity contribution in [2.24, 2.45) is 5.92 Å². The molecule has 1 unspecified atom stereocenters. The van der Waals surface area contributed by atoms with Crippen molar-refractivity contribution in [2.75, 3.05) is 42.2 Å². The molecule has 3 heterocycles. The first-order valence-electron chi connectivity index (χ1n) is 9.98. The normalized spacial score (nSPS) is 20.5. The van der Waals surface area contributed by atoms with E-state index in [1.807, 2.05) is 12.3 Å². The summed E-state index contributed by atoms with van der Waals surface area (Å²) < 4.78 is 2.36. The lowest BCUT2D eigenvalue weighted by Crippen LogP contribution is -2.36. The van der Waals surface area contributed by atoms with E-state index < -0.39 is 0 Å². The zero-order valence-corrected chi connectivity index (χ0v) is 15.7. The van der Waals surface area contributed by atoms with Gasteiger partial charge in [-0.3, -0.25) is 0 Å². The number of nitrogen functional groups attached to an aromatic ring is 1. The van der Waals surface area contributed by atoms with Crippen molar-refractivity contribution in [3.63, 3.8) is 0 Å². The molecule has 0 aromatic carbocycles. The zero-order valence-electron chi connectivity index (χ0n) is 15.7. The van der Waals surface area contributed by atoms with Gasteiger partial charge in [-0.15, -0.1) is 0 Å². The zero-order chi connectivity index (χ0) is 18.6. The smallest absolute Gasteiger partial charge is 0.223 e. The van der Waals surface area contributed by atoms with Crippen molar-refractivity contribution in [1.29, 1.82) is 0 Å². The largest absolute Gasteiger partial charge is 0.395 e. The first-order chi connectivity index (χ1) is 13.2. The number of nitrogens with zero attached hydrogens (tertiary/aromatic N) is 5. The highest BCUT2D eigenvalue weighted by Gasteiger charge is 2.27. The third kappa shape index (κ3) is 4.16. The van der Waals surface area contributed by atoms with Gasteiger partial charge in [-0.05, 0) is 31.6 Å². The maximum Gasteiger partial charge on any atom is 0.223 e. The van der Waals surface area contributed by atoms with Crippen molar-refractivity contribution < 1.29 is 5.11 Å². The SMILES string of the molecule is Nc1nc(NCCO)cc(N2CCCC(c3nccn3CC3CCC3)C2)n1. The first kappa shape index (κ1) is 18.0. The standard InChI is InChI=1S/C19H29N7O/c20-19-23-16(21-7-10-27)11-17(24-19)25-8-2-5-15(13-25)18-22-6-9-26(18)12-14-3-1-4-14/h6,9,11,14-15,27H,1-5,7-8,10,12-13H2,(H3,20,21,23,24). The minimum Gasteiger partial charge on any atom is -0.395 e. The Morgan fingerprint density at radius 2 is 2.11 bits per heavy atom. The molecule has 0 bridgehead atoms. The minimum atomic E-state index is 0.0503. The molecule has 1 aliphatic carbocycles. The number of aliphatic hydroxyl groups excluding tert-OH is 1. The van der Waals surface area contributed by atoms with E-state index in [1.54, 1.807) is 0 Å². The molecule has 1 aliphatic heterocycles. The highest BCUT2D eigenvalue weighted by Crippen LogP contribution is 2.32. The van der Waals surface area contributed by atoms with Crippen molar-refractivity contribution in [2.45, 2.75) is 44.6 Å². The van der Waals surface area contributed by atoms with Crippen LogP contribution in [0.4, 0.5) is 17.6 Å². The van der Waals surface area contributed by atoms with Crippen LogP contribution in [0.5, 0.6) is 0 Å². The highest BCUT2D eigenvalue weighted by atomic mass is 16.3. The molecule has 8 nitrogen and oxygen atoms in total. The number of aromatic nitrogens is 4. The minimum absolute atomic E-state index is 0.0503. The number of piperidine rings is 1. The molecule has 2 aromatic rings. The average Bonchev–Trinajstić information content (AvgIpc) is 3.11. The number of nitrogens with two attached hydrogens (primary N) is 1. The second-order valence-electron chi connectivity index (χ2n) is 7.64. The molecule has 2 fully saturated rings. The molecule has 27 heavy (non-hydrogen) atoms. The summed E-state index contributed by atoms with van der Waals surface area (Å²) in [4.78, 5) is 15.6. The van der Waals surface area contributed by atoms with Crippen LogP contribution in [0.1, 0.15) is 43.8 Å². The van der Waals surface area contributed by atoms with Crippen LogP contribution in [-0.2, 0) is 6.54 Å².